The number of carbonyl (C=O) groups excluding carboxylic acids is 4. The zero-order valence-corrected chi connectivity index (χ0v) is 37.6. The number of piperazine rings is 2. The predicted octanol–water partition coefficient (Wildman–Crippen LogP) is 6.87. The number of alkyl halides is 1. The third-order valence-electron chi connectivity index (χ3n) is 10.2. The lowest BCUT2D eigenvalue weighted by atomic mass is 10.1. The molecule has 4 amide bonds. The van der Waals surface area contributed by atoms with E-state index >= 15 is 0 Å². The first kappa shape index (κ1) is 48.0. The van der Waals surface area contributed by atoms with E-state index in [4.69, 9.17) is 14.2 Å². The Labute approximate surface area is 367 Å². The number of pyridine rings is 1. The van der Waals surface area contributed by atoms with Crippen molar-refractivity contribution >= 4 is 51.3 Å². The van der Waals surface area contributed by atoms with Gasteiger partial charge in [0, 0.05) is 87.4 Å². The summed E-state index contributed by atoms with van der Waals surface area (Å²) in [5, 5.41) is 3.60. The van der Waals surface area contributed by atoms with Crippen molar-refractivity contribution in [1.82, 2.24) is 24.6 Å². The SMILES string of the molecule is CCN1CCN(C(=O)N(Cc2ccc(C(=O)OC)cc2)c2cccc(OC)c2)CC1.CCN1CCN(C(=O)Nc2cccc(OC)c2)CC1.COC(=O)c1ccc(CBr)nc1. The minimum Gasteiger partial charge on any atom is -0.497 e. The Bertz CT molecular complexity index is 1990. The van der Waals surface area contributed by atoms with Crippen LogP contribution in [0.15, 0.2) is 91.1 Å². The first-order valence-corrected chi connectivity index (χ1v) is 21.3. The Balaban J connectivity index is 0.000000224. The number of methoxy groups -OCH3 is 4. The van der Waals surface area contributed by atoms with Gasteiger partial charge >= 0.3 is 24.0 Å². The maximum absolute atomic E-state index is 13.4. The smallest absolute Gasteiger partial charge is 0.339 e. The van der Waals surface area contributed by atoms with Crippen LogP contribution in [0.25, 0.3) is 0 Å². The molecule has 0 saturated carbocycles. The summed E-state index contributed by atoms with van der Waals surface area (Å²) in [6, 6.07) is 25.4. The monoisotopic (exact) mass is 903 g/mol. The van der Waals surface area contributed by atoms with Crippen LogP contribution < -0.4 is 19.7 Å². The van der Waals surface area contributed by atoms with Crippen molar-refractivity contribution in [1.29, 1.82) is 0 Å². The van der Waals surface area contributed by atoms with E-state index in [1.54, 1.807) is 43.4 Å². The van der Waals surface area contributed by atoms with Gasteiger partial charge in [0.1, 0.15) is 11.5 Å². The molecule has 15 nitrogen and oxygen atoms in total. The molecule has 0 aliphatic carbocycles. The van der Waals surface area contributed by atoms with Gasteiger partial charge in [-0.3, -0.25) is 9.88 Å². The number of rotatable bonds is 11. The van der Waals surface area contributed by atoms with E-state index in [1.165, 1.54) is 20.4 Å². The van der Waals surface area contributed by atoms with Gasteiger partial charge in [-0.15, -0.1) is 0 Å². The maximum Gasteiger partial charge on any atom is 0.339 e. The fraction of sp³-hybridized carbons (Fsp3) is 0.400. The van der Waals surface area contributed by atoms with Gasteiger partial charge in [0.15, 0.2) is 0 Å². The summed E-state index contributed by atoms with van der Waals surface area (Å²) in [6.45, 7) is 13.3. The third kappa shape index (κ3) is 14.8. The van der Waals surface area contributed by atoms with Crippen LogP contribution in [0.2, 0.25) is 0 Å². The molecule has 1 N–H and O–H groups in total. The van der Waals surface area contributed by atoms with Crippen LogP contribution in [-0.2, 0) is 21.3 Å². The standard InChI is InChI=1S/C23H29N3O4.C14H21N3O2.C8H8BrNO2/c1-4-24-12-14-25(15-13-24)23(28)26(20-6-5-7-21(16-20)29-2)17-18-8-10-19(11-9-18)22(27)30-3;1-3-16-7-9-17(10-8-16)14(18)15-12-5-4-6-13(11-12)19-2;1-12-8(11)6-2-3-7(4-9)10-5-6/h5-11,16H,4,12-15,17H2,1-3H3;4-6,11H,3,7-10H2,1-2H3,(H,15,18);2-3,5H,4H2,1H3. The number of amides is 4. The minimum absolute atomic E-state index is 0.0314. The van der Waals surface area contributed by atoms with Gasteiger partial charge in [-0.1, -0.05) is 54.0 Å². The molecule has 2 aliphatic rings. The van der Waals surface area contributed by atoms with E-state index in [2.05, 4.69) is 54.6 Å². The molecule has 2 aliphatic heterocycles. The Morgan fingerprint density at radius 2 is 1.21 bits per heavy atom. The molecule has 16 heteroatoms. The molecule has 1 aromatic heterocycles. The second-order valence-corrected chi connectivity index (χ2v) is 14.5. The highest BCUT2D eigenvalue weighted by molar-refractivity contribution is 9.08. The molecule has 0 spiro atoms. The molecule has 4 aromatic rings. The third-order valence-corrected chi connectivity index (χ3v) is 10.8. The van der Waals surface area contributed by atoms with Gasteiger partial charge < -0.3 is 43.9 Å². The van der Waals surface area contributed by atoms with E-state index in [-0.39, 0.29) is 24.0 Å². The van der Waals surface area contributed by atoms with E-state index in [0.717, 1.165) is 80.7 Å². The largest absolute Gasteiger partial charge is 0.497 e. The molecule has 0 radical (unpaired) electrons. The maximum atomic E-state index is 13.4. The van der Waals surface area contributed by atoms with Crippen molar-refractivity contribution in [2.45, 2.75) is 25.7 Å². The van der Waals surface area contributed by atoms with Crippen molar-refractivity contribution in [2.24, 2.45) is 0 Å². The van der Waals surface area contributed by atoms with Crippen LogP contribution in [0.5, 0.6) is 11.5 Å². The molecule has 0 bridgehead atoms. The summed E-state index contributed by atoms with van der Waals surface area (Å²) in [6.07, 6.45) is 1.50. The zero-order valence-electron chi connectivity index (χ0n) is 36.0. The highest BCUT2D eigenvalue weighted by Crippen LogP contribution is 2.25. The van der Waals surface area contributed by atoms with Crippen molar-refractivity contribution in [3.8, 4) is 11.5 Å². The predicted molar refractivity (Wildman–Crippen MR) is 240 cm³/mol. The van der Waals surface area contributed by atoms with Crippen LogP contribution in [0, 0.1) is 0 Å². The Kier molecular flexibility index (Phi) is 19.8. The molecule has 2 fully saturated rings. The minimum atomic E-state index is -0.379. The van der Waals surface area contributed by atoms with Crippen molar-refractivity contribution in [3.63, 3.8) is 0 Å². The number of hydrogen-bond acceptors (Lipinski definition) is 11. The summed E-state index contributed by atoms with van der Waals surface area (Å²) in [4.78, 5) is 62.4. The van der Waals surface area contributed by atoms with Gasteiger partial charge in [-0.2, -0.15) is 0 Å². The Morgan fingerprint density at radius 3 is 1.74 bits per heavy atom. The lowest BCUT2D eigenvalue weighted by Crippen LogP contribution is -2.52. The number of likely N-dealkylation sites (N-methyl/N-ethyl adjacent to an activating group) is 2. The molecule has 0 unspecified atom stereocenters. The number of urea groups is 2. The number of anilines is 2. The number of benzene rings is 3. The summed E-state index contributed by atoms with van der Waals surface area (Å²) < 4.78 is 19.8. The van der Waals surface area contributed by atoms with E-state index < -0.39 is 0 Å². The van der Waals surface area contributed by atoms with E-state index in [9.17, 15) is 19.2 Å². The van der Waals surface area contributed by atoms with Gasteiger partial charge in [0.25, 0.3) is 0 Å². The number of ether oxygens (including phenoxy) is 4. The molecule has 0 atom stereocenters. The quantitative estimate of drug-likeness (QED) is 0.124. The molecular formula is C45H58BrN7O8. The first-order chi connectivity index (χ1) is 29.5. The van der Waals surface area contributed by atoms with E-state index in [0.29, 0.717) is 41.8 Å². The lowest BCUT2D eigenvalue weighted by Gasteiger charge is -2.37. The van der Waals surface area contributed by atoms with Crippen molar-refractivity contribution in [3.05, 3.63) is 114 Å². The summed E-state index contributed by atoms with van der Waals surface area (Å²) >= 11 is 3.26. The zero-order chi connectivity index (χ0) is 44.1. The number of nitrogens with zero attached hydrogens (tertiary/aromatic N) is 6. The van der Waals surface area contributed by atoms with E-state index in [1.807, 2.05) is 70.5 Å². The van der Waals surface area contributed by atoms with Crippen molar-refractivity contribution in [2.75, 3.05) is 104 Å². The van der Waals surface area contributed by atoms with Crippen LogP contribution in [0.3, 0.4) is 0 Å². The molecule has 2 saturated heterocycles. The normalized spacial score (nSPS) is 14.0. The second-order valence-electron chi connectivity index (χ2n) is 13.9. The number of halogens is 1. The van der Waals surface area contributed by atoms with Gasteiger partial charge in [0.2, 0.25) is 0 Å². The second kappa shape index (κ2) is 25.2. The molecule has 3 heterocycles. The van der Waals surface area contributed by atoms with Crippen LogP contribution in [0.1, 0.15) is 45.8 Å². The van der Waals surface area contributed by atoms with Crippen LogP contribution in [0.4, 0.5) is 21.0 Å². The number of nitrogens with one attached hydrogen (secondary N) is 1. The van der Waals surface area contributed by atoms with Gasteiger partial charge in [0.05, 0.1) is 51.8 Å². The lowest BCUT2D eigenvalue weighted by molar-refractivity contribution is 0.0591. The molecular weight excluding hydrogens is 846 g/mol. The van der Waals surface area contributed by atoms with Gasteiger partial charge in [-0.25, -0.2) is 19.2 Å². The highest BCUT2D eigenvalue weighted by atomic mass is 79.9. The molecule has 61 heavy (non-hydrogen) atoms. The fourth-order valence-electron chi connectivity index (χ4n) is 6.43. The Hall–Kier alpha value is -5.71. The number of esters is 2. The van der Waals surface area contributed by atoms with Crippen LogP contribution in [-0.4, -0.2) is 142 Å². The molecule has 328 valence electrons. The average molecular weight is 905 g/mol. The number of aromatic nitrogens is 1. The number of carbonyl (C=O) groups is 4. The van der Waals surface area contributed by atoms with Crippen LogP contribution >= 0.6 is 15.9 Å². The van der Waals surface area contributed by atoms with Gasteiger partial charge in [-0.05, 0) is 67.2 Å². The molecule has 3 aromatic carbocycles. The fourth-order valence-corrected chi connectivity index (χ4v) is 6.76. The Morgan fingerprint density at radius 1 is 0.672 bits per heavy atom. The highest BCUT2D eigenvalue weighted by Gasteiger charge is 2.26. The average Bonchev–Trinajstić information content (AvgIpc) is 3.33. The summed E-state index contributed by atoms with van der Waals surface area (Å²) in [5.41, 5.74) is 4.31. The topological polar surface area (TPSA) is 146 Å². The summed E-state index contributed by atoms with van der Waals surface area (Å²) in [7, 11) is 5.93. The summed E-state index contributed by atoms with van der Waals surface area (Å²) in [5.74, 6) is 0.704. The molecule has 6 rings (SSSR count). The first-order valence-electron chi connectivity index (χ1n) is 20.2. The van der Waals surface area contributed by atoms with Crippen molar-refractivity contribution < 1.29 is 38.1 Å². The number of hydrogen-bond donors (Lipinski definition) is 1.